The second kappa shape index (κ2) is 4.97. The molecule has 18 heavy (non-hydrogen) atoms. The standard InChI is InChI=1S/C12H11FN2O3/c1-14-7-9-3-5-12(18-9)10-4-2-8(15(16)17)6-11(10)13/h2-6,14H,7H2,1H3. The fourth-order valence-electron chi connectivity index (χ4n) is 1.61. The van der Waals surface area contributed by atoms with Crippen LogP contribution in [0.5, 0.6) is 0 Å². The molecule has 0 fully saturated rings. The molecule has 1 aromatic heterocycles. The van der Waals surface area contributed by atoms with Gasteiger partial charge in [0.05, 0.1) is 23.1 Å². The van der Waals surface area contributed by atoms with Gasteiger partial charge in [-0.3, -0.25) is 10.1 Å². The van der Waals surface area contributed by atoms with E-state index in [1.54, 1.807) is 19.2 Å². The summed E-state index contributed by atoms with van der Waals surface area (Å²) in [6, 6.07) is 6.84. The Balaban J connectivity index is 2.35. The number of nitrogens with one attached hydrogen (secondary N) is 1. The molecule has 0 bridgehead atoms. The zero-order valence-corrected chi connectivity index (χ0v) is 9.64. The first-order chi connectivity index (χ1) is 8.61. The van der Waals surface area contributed by atoms with Crippen LogP contribution in [-0.2, 0) is 6.54 Å². The Hall–Kier alpha value is -2.21. The molecular formula is C12H11FN2O3. The van der Waals surface area contributed by atoms with Crippen molar-refractivity contribution in [3.8, 4) is 11.3 Å². The Morgan fingerprint density at radius 1 is 1.39 bits per heavy atom. The molecule has 0 radical (unpaired) electrons. The van der Waals surface area contributed by atoms with E-state index in [1.165, 1.54) is 12.1 Å². The van der Waals surface area contributed by atoms with Gasteiger partial charge in [0, 0.05) is 6.07 Å². The second-order valence-corrected chi connectivity index (χ2v) is 3.72. The van der Waals surface area contributed by atoms with Gasteiger partial charge in [-0.1, -0.05) is 0 Å². The van der Waals surface area contributed by atoms with Gasteiger partial charge in [0.2, 0.25) is 0 Å². The Bertz CT molecular complexity index is 580. The first-order valence-corrected chi connectivity index (χ1v) is 5.29. The maximum atomic E-state index is 13.7. The molecule has 0 aliphatic rings. The number of hydrogen-bond acceptors (Lipinski definition) is 4. The predicted octanol–water partition coefficient (Wildman–Crippen LogP) is 2.71. The van der Waals surface area contributed by atoms with Gasteiger partial charge in [0.25, 0.3) is 5.69 Å². The molecule has 0 spiro atoms. The third kappa shape index (κ3) is 2.38. The molecule has 1 N–H and O–H groups in total. The summed E-state index contributed by atoms with van der Waals surface area (Å²) in [6.07, 6.45) is 0. The van der Waals surface area contributed by atoms with Crippen molar-refractivity contribution in [3.63, 3.8) is 0 Å². The van der Waals surface area contributed by atoms with Crippen LogP contribution < -0.4 is 5.32 Å². The SMILES string of the molecule is CNCc1ccc(-c2ccc([N+](=O)[O-])cc2F)o1. The summed E-state index contributed by atoms with van der Waals surface area (Å²) in [5.74, 6) is 0.354. The van der Waals surface area contributed by atoms with E-state index >= 15 is 0 Å². The van der Waals surface area contributed by atoms with Gasteiger partial charge in [0.1, 0.15) is 17.3 Å². The minimum atomic E-state index is -0.672. The number of furan rings is 1. The van der Waals surface area contributed by atoms with Crippen LogP contribution in [-0.4, -0.2) is 12.0 Å². The summed E-state index contributed by atoms with van der Waals surface area (Å²) in [5.41, 5.74) is -0.0683. The monoisotopic (exact) mass is 250 g/mol. The highest BCUT2D eigenvalue weighted by atomic mass is 19.1. The van der Waals surface area contributed by atoms with E-state index in [0.29, 0.717) is 18.1 Å². The molecule has 2 rings (SSSR count). The van der Waals surface area contributed by atoms with E-state index in [-0.39, 0.29) is 11.3 Å². The third-order valence-electron chi connectivity index (χ3n) is 2.44. The van der Waals surface area contributed by atoms with Gasteiger partial charge in [-0.15, -0.1) is 0 Å². The zero-order chi connectivity index (χ0) is 13.1. The molecule has 1 heterocycles. The number of hydrogen-bond donors (Lipinski definition) is 1. The van der Waals surface area contributed by atoms with Crippen LogP contribution >= 0.6 is 0 Å². The van der Waals surface area contributed by atoms with Crippen LogP contribution in [0.25, 0.3) is 11.3 Å². The normalized spacial score (nSPS) is 10.6. The number of nitro groups is 1. The number of rotatable bonds is 4. The maximum Gasteiger partial charge on any atom is 0.272 e. The van der Waals surface area contributed by atoms with Crippen molar-refractivity contribution >= 4 is 5.69 Å². The molecule has 0 unspecified atom stereocenters. The molecule has 1 aromatic carbocycles. The van der Waals surface area contributed by atoms with E-state index < -0.39 is 10.7 Å². The number of halogens is 1. The van der Waals surface area contributed by atoms with Gasteiger partial charge >= 0.3 is 0 Å². The Kier molecular flexibility index (Phi) is 3.38. The summed E-state index contributed by atoms with van der Waals surface area (Å²) < 4.78 is 19.1. The number of nitro benzene ring substituents is 1. The lowest BCUT2D eigenvalue weighted by atomic mass is 10.1. The lowest BCUT2D eigenvalue weighted by Gasteiger charge is -2.00. The molecule has 0 saturated heterocycles. The number of nitrogens with zero attached hydrogens (tertiary/aromatic N) is 1. The van der Waals surface area contributed by atoms with Crippen LogP contribution in [0.2, 0.25) is 0 Å². The van der Waals surface area contributed by atoms with Crippen LogP contribution in [0.3, 0.4) is 0 Å². The van der Waals surface area contributed by atoms with Crippen molar-refractivity contribution in [2.24, 2.45) is 0 Å². The van der Waals surface area contributed by atoms with Crippen LogP contribution in [0.1, 0.15) is 5.76 Å². The van der Waals surface area contributed by atoms with Gasteiger partial charge in [0.15, 0.2) is 0 Å². The molecule has 6 heteroatoms. The van der Waals surface area contributed by atoms with Crippen LogP contribution in [0, 0.1) is 15.9 Å². The minimum absolute atomic E-state index is 0.211. The van der Waals surface area contributed by atoms with Gasteiger partial charge in [-0.2, -0.15) is 0 Å². The first-order valence-electron chi connectivity index (χ1n) is 5.29. The summed E-state index contributed by atoms with van der Waals surface area (Å²) in [4.78, 5) is 9.86. The molecule has 5 nitrogen and oxygen atoms in total. The molecule has 2 aromatic rings. The van der Waals surface area contributed by atoms with E-state index in [9.17, 15) is 14.5 Å². The molecule has 0 aliphatic heterocycles. The average molecular weight is 250 g/mol. The second-order valence-electron chi connectivity index (χ2n) is 3.72. The molecule has 0 aliphatic carbocycles. The van der Waals surface area contributed by atoms with Crippen molar-refractivity contribution in [2.45, 2.75) is 6.54 Å². The zero-order valence-electron chi connectivity index (χ0n) is 9.64. The number of non-ortho nitro benzene ring substituents is 1. The molecule has 94 valence electrons. The van der Waals surface area contributed by atoms with Gasteiger partial charge in [-0.25, -0.2) is 4.39 Å². The molecular weight excluding hydrogens is 239 g/mol. The summed E-state index contributed by atoms with van der Waals surface area (Å²) in [5, 5.41) is 13.4. The smallest absolute Gasteiger partial charge is 0.272 e. The number of benzene rings is 1. The topological polar surface area (TPSA) is 68.3 Å². The molecule has 0 saturated carbocycles. The summed E-state index contributed by atoms with van der Waals surface area (Å²) >= 11 is 0. The van der Waals surface area contributed by atoms with Crippen molar-refractivity contribution in [1.29, 1.82) is 0 Å². The van der Waals surface area contributed by atoms with Crippen LogP contribution in [0.4, 0.5) is 10.1 Å². The maximum absolute atomic E-state index is 13.7. The quantitative estimate of drug-likeness (QED) is 0.669. The van der Waals surface area contributed by atoms with E-state index in [0.717, 1.165) is 6.07 Å². The van der Waals surface area contributed by atoms with Gasteiger partial charge in [-0.05, 0) is 25.2 Å². The summed E-state index contributed by atoms with van der Waals surface area (Å²) in [6.45, 7) is 0.536. The first kappa shape index (κ1) is 12.3. The van der Waals surface area contributed by atoms with Crippen molar-refractivity contribution in [1.82, 2.24) is 5.32 Å². The van der Waals surface area contributed by atoms with Crippen molar-refractivity contribution < 1.29 is 13.7 Å². The lowest BCUT2D eigenvalue weighted by Crippen LogP contribution is -2.03. The Morgan fingerprint density at radius 3 is 2.78 bits per heavy atom. The third-order valence-corrected chi connectivity index (χ3v) is 2.44. The van der Waals surface area contributed by atoms with E-state index in [4.69, 9.17) is 4.42 Å². The van der Waals surface area contributed by atoms with E-state index in [2.05, 4.69) is 5.32 Å². The fourth-order valence-corrected chi connectivity index (χ4v) is 1.61. The van der Waals surface area contributed by atoms with E-state index in [1.807, 2.05) is 0 Å². The highest BCUT2D eigenvalue weighted by Crippen LogP contribution is 2.27. The molecule has 0 amide bonds. The van der Waals surface area contributed by atoms with Crippen molar-refractivity contribution in [3.05, 3.63) is 52.0 Å². The van der Waals surface area contributed by atoms with Crippen LogP contribution in [0.15, 0.2) is 34.7 Å². The molecule has 0 atom stereocenters. The summed E-state index contributed by atoms with van der Waals surface area (Å²) in [7, 11) is 1.77. The van der Waals surface area contributed by atoms with Gasteiger partial charge < -0.3 is 9.73 Å². The average Bonchev–Trinajstić information content (AvgIpc) is 2.77. The predicted molar refractivity (Wildman–Crippen MR) is 63.5 cm³/mol. The highest BCUT2D eigenvalue weighted by Gasteiger charge is 2.14. The fraction of sp³-hybridized carbons (Fsp3) is 0.167. The lowest BCUT2D eigenvalue weighted by molar-refractivity contribution is -0.385. The Labute approximate surface area is 102 Å². The highest BCUT2D eigenvalue weighted by molar-refractivity contribution is 5.60. The Morgan fingerprint density at radius 2 is 2.17 bits per heavy atom. The van der Waals surface area contributed by atoms with Crippen molar-refractivity contribution in [2.75, 3.05) is 7.05 Å². The largest absolute Gasteiger partial charge is 0.460 e. The minimum Gasteiger partial charge on any atom is -0.460 e.